The van der Waals surface area contributed by atoms with Crippen molar-refractivity contribution in [2.75, 3.05) is 61.0 Å². The van der Waals surface area contributed by atoms with Gasteiger partial charge in [-0.1, -0.05) is 0 Å². The molecular formula is C19H30N4O3S. The van der Waals surface area contributed by atoms with Crippen LogP contribution in [0.25, 0.3) is 0 Å². The zero-order chi connectivity index (χ0) is 19.4. The minimum absolute atomic E-state index is 0.0933. The van der Waals surface area contributed by atoms with Crippen LogP contribution in [-0.2, 0) is 9.84 Å². The summed E-state index contributed by atoms with van der Waals surface area (Å²) in [7, 11) is -2.87. The Morgan fingerprint density at radius 1 is 1.11 bits per heavy atom. The molecule has 0 saturated carbocycles. The van der Waals surface area contributed by atoms with Crippen LogP contribution in [0.3, 0.4) is 0 Å². The highest BCUT2D eigenvalue weighted by atomic mass is 32.2. The van der Waals surface area contributed by atoms with E-state index in [1.807, 2.05) is 24.3 Å². The number of sulfone groups is 1. The van der Waals surface area contributed by atoms with E-state index in [0.29, 0.717) is 25.3 Å². The van der Waals surface area contributed by atoms with E-state index in [-0.39, 0.29) is 17.8 Å². The monoisotopic (exact) mass is 394 g/mol. The summed E-state index contributed by atoms with van der Waals surface area (Å²) >= 11 is 0. The van der Waals surface area contributed by atoms with Crippen molar-refractivity contribution in [2.24, 2.45) is 0 Å². The van der Waals surface area contributed by atoms with Gasteiger partial charge < -0.3 is 15.1 Å². The van der Waals surface area contributed by atoms with Crippen molar-refractivity contribution < 1.29 is 13.2 Å². The number of carbonyl (C=O) groups excluding carboxylic acids is 1. The Hall–Kier alpha value is -1.80. The van der Waals surface area contributed by atoms with Gasteiger partial charge >= 0.3 is 6.03 Å². The van der Waals surface area contributed by atoms with E-state index in [4.69, 9.17) is 0 Å². The highest BCUT2D eigenvalue weighted by Crippen LogP contribution is 2.20. The second kappa shape index (κ2) is 8.48. The number of hydrogen-bond acceptors (Lipinski definition) is 5. The van der Waals surface area contributed by atoms with Gasteiger partial charge in [0.05, 0.1) is 11.5 Å². The van der Waals surface area contributed by atoms with E-state index in [2.05, 4.69) is 29.0 Å². The van der Waals surface area contributed by atoms with Crippen LogP contribution < -0.4 is 10.2 Å². The molecule has 2 amide bonds. The lowest BCUT2D eigenvalue weighted by molar-refractivity contribution is 0.121. The second-order valence-electron chi connectivity index (χ2n) is 7.23. The first-order valence-corrected chi connectivity index (χ1v) is 11.6. The molecule has 8 heteroatoms. The summed E-state index contributed by atoms with van der Waals surface area (Å²) in [6.45, 7) is 8.87. The van der Waals surface area contributed by atoms with Gasteiger partial charge in [0.1, 0.15) is 0 Å². The molecule has 2 heterocycles. The van der Waals surface area contributed by atoms with Crippen molar-refractivity contribution in [1.29, 1.82) is 0 Å². The zero-order valence-electron chi connectivity index (χ0n) is 16.2. The lowest BCUT2D eigenvalue weighted by atomic mass is 10.2. The molecule has 27 heavy (non-hydrogen) atoms. The van der Waals surface area contributed by atoms with Gasteiger partial charge in [0.25, 0.3) is 0 Å². The Bertz CT molecular complexity index is 739. The molecule has 2 aliphatic rings. The molecule has 2 saturated heterocycles. The number of hydrogen-bond donors (Lipinski definition) is 1. The maximum atomic E-state index is 12.5. The molecular weight excluding hydrogens is 364 g/mol. The Morgan fingerprint density at radius 2 is 1.74 bits per heavy atom. The number of nitrogens with zero attached hydrogens (tertiary/aromatic N) is 3. The van der Waals surface area contributed by atoms with E-state index < -0.39 is 9.84 Å². The summed E-state index contributed by atoms with van der Waals surface area (Å²) in [6.07, 6.45) is 0.716. The summed E-state index contributed by atoms with van der Waals surface area (Å²) in [6, 6.07) is 7.95. The molecule has 0 spiro atoms. The van der Waals surface area contributed by atoms with E-state index in [9.17, 15) is 13.2 Å². The largest absolute Gasteiger partial charge is 0.372 e. The van der Waals surface area contributed by atoms with Crippen molar-refractivity contribution in [2.45, 2.75) is 26.3 Å². The Labute approximate surface area is 162 Å². The molecule has 2 fully saturated rings. The lowest BCUT2D eigenvalue weighted by Crippen LogP contribution is -2.53. The fraction of sp³-hybridized carbons (Fsp3) is 0.632. The summed E-state index contributed by atoms with van der Waals surface area (Å²) in [5.74, 6) is 0.555. The quantitative estimate of drug-likeness (QED) is 0.825. The number of carbonyl (C=O) groups is 1. The van der Waals surface area contributed by atoms with Crippen LogP contribution >= 0.6 is 0 Å². The van der Waals surface area contributed by atoms with E-state index in [0.717, 1.165) is 37.6 Å². The van der Waals surface area contributed by atoms with Gasteiger partial charge in [0.2, 0.25) is 0 Å². The van der Waals surface area contributed by atoms with E-state index >= 15 is 0 Å². The lowest BCUT2D eigenvalue weighted by Gasteiger charge is -2.37. The summed E-state index contributed by atoms with van der Waals surface area (Å²) in [4.78, 5) is 18.8. The smallest absolute Gasteiger partial charge is 0.321 e. The maximum Gasteiger partial charge on any atom is 0.321 e. The van der Waals surface area contributed by atoms with Crippen molar-refractivity contribution in [3.8, 4) is 0 Å². The van der Waals surface area contributed by atoms with Gasteiger partial charge in [0, 0.05) is 56.7 Å². The predicted octanol–water partition coefficient (Wildman–Crippen LogP) is 1.87. The van der Waals surface area contributed by atoms with Crippen LogP contribution in [0.15, 0.2) is 24.3 Å². The fourth-order valence-electron chi connectivity index (χ4n) is 3.90. The Balaban J connectivity index is 1.49. The third-order valence-corrected chi connectivity index (χ3v) is 7.32. The van der Waals surface area contributed by atoms with Gasteiger partial charge in [-0.15, -0.1) is 0 Å². The molecule has 1 N–H and O–H groups in total. The molecule has 0 radical (unpaired) electrons. The first-order valence-electron chi connectivity index (χ1n) is 9.77. The van der Waals surface area contributed by atoms with Gasteiger partial charge in [0.15, 0.2) is 9.84 Å². The number of urea groups is 1. The third-order valence-electron chi connectivity index (χ3n) is 5.57. The van der Waals surface area contributed by atoms with Crippen LogP contribution in [0, 0.1) is 0 Å². The van der Waals surface area contributed by atoms with Gasteiger partial charge in [-0.2, -0.15) is 0 Å². The third kappa shape index (κ3) is 4.93. The standard InChI is InChI=1S/C19H30N4O3S/c1-3-21(4-2)17-7-5-16(6-8-17)20-19(24)23-12-10-22(11-13-23)18-9-14-27(25,26)15-18/h5-8,18H,3-4,9-15H2,1-2H3,(H,20,24). The van der Waals surface area contributed by atoms with E-state index in [1.54, 1.807) is 4.90 Å². The summed E-state index contributed by atoms with van der Waals surface area (Å²) < 4.78 is 23.3. The van der Waals surface area contributed by atoms with Gasteiger partial charge in [-0.05, 0) is 44.5 Å². The minimum atomic E-state index is -2.87. The number of amides is 2. The van der Waals surface area contributed by atoms with Crippen LogP contribution in [0.2, 0.25) is 0 Å². The molecule has 1 atom stereocenters. The number of anilines is 2. The van der Waals surface area contributed by atoms with Gasteiger partial charge in [-0.3, -0.25) is 4.90 Å². The van der Waals surface area contributed by atoms with Gasteiger partial charge in [-0.25, -0.2) is 13.2 Å². The Kier molecular flexibility index (Phi) is 6.26. The van der Waals surface area contributed by atoms with Crippen molar-refractivity contribution in [1.82, 2.24) is 9.80 Å². The van der Waals surface area contributed by atoms with Crippen LogP contribution in [0.5, 0.6) is 0 Å². The number of piperazine rings is 1. The van der Waals surface area contributed by atoms with Crippen molar-refractivity contribution in [3.05, 3.63) is 24.3 Å². The molecule has 1 unspecified atom stereocenters. The molecule has 2 aliphatic heterocycles. The normalized spacial score (nSPS) is 22.6. The first kappa shape index (κ1) is 19.9. The molecule has 0 aliphatic carbocycles. The highest BCUT2D eigenvalue weighted by molar-refractivity contribution is 7.91. The summed E-state index contributed by atoms with van der Waals surface area (Å²) in [5, 5.41) is 2.97. The predicted molar refractivity (Wildman–Crippen MR) is 109 cm³/mol. The molecule has 1 aromatic rings. The number of nitrogens with one attached hydrogen (secondary N) is 1. The summed E-state index contributed by atoms with van der Waals surface area (Å²) in [5.41, 5.74) is 1.94. The van der Waals surface area contributed by atoms with Crippen molar-refractivity contribution in [3.63, 3.8) is 0 Å². The average Bonchev–Trinajstić information content (AvgIpc) is 3.04. The zero-order valence-corrected chi connectivity index (χ0v) is 17.0. The molecule has 1 aromatic carbocycles. The van der Waals surface area contributed by atoms with E-state index in [1.165, 1.54) is 0 Å². The fourth-order valence-corrected chi connectivity index (χ4v) is 5.66. The molecule has 7 nitrogen and oxygen atoms in total. The maximum absolute atomic E-state index is 12.5. The first-order chi connectivity index (χ1) is 12.9. The SMILES string of the molecule is CCN(CC)c1ccc(NC(=O)N2CCN(C3CCS(=O)(=O)C3)CC2)cc1. The highest BCUT2D eigenvalue weighted by Gasteiger charge is 2.34. The molecule has 150 valence electrons. The molecule has 0 aromatic heterocycles. The van der Waals surface area contributed by atoms with Crippen LogP contribution in [0.1, 0.15) is 20.3 Å². The molecule has 3 rings (SSSR count). The minimum Gasteiger partial charge on any atom is -0.372 e. The number of benzene rings is 1. The van der Waals surface area contributed by atoms with Crippen molar-refractivity contribution >= 4 is 27.2 Å². The average molecular weight is 395 g/mol. The van der Waals surface area contributed by atoms with Crippen LogP contribution in [0.4, 0.5) is 16.2 Å². The topological polar surface area (TPSA) is 73.0 Å². The second-order valence-corrected chi connectivity index (χ2v) is 9.46. The molecule has 0 bridgehead atoms. The Morgan fingerprint density at radius 3 is 2.26 bits per heavy atom. The van der Waals surface area contributed by atoms with Crippen LogP contribution in [-0.4, -0.2) is 81.1 Å². The number of rotatable bonds is 5.